The van der Waals surface area contributed by atoms with E-state index in [4.69, 9.17) is 0 Å². The lowest BCUT2D eigenvalue weighted by Crippen LogP contribution is -2.69. The first-order valence-electron chi connectivity index (χ1n) is 7.26. The molecule has 114 valence electrons. The Hall–Kier alpha value is -1.36. The van der Waals surface area contributed by atoms with E-state index in [1.165, 1.54) is 0 Å². The fraction of sp³-hybridized carbons (Fsp3) is 0.500. The predicted octanol–water partition coefficient (Wildman–Crippen LogP) is 3.17. The van der Waals surface area contributed by atoms with E-state index in [1.807, 2.05) is 39.0 Å². The molecule has 21 heavy (non-hydrogen) atoms. The molecule has 1 heterocycles. The highest BCUT2D eigenvalue weighted by molar-refractivity contribution is 9.10. The van der Waals surface area contributed by atoms with Crippen LogP contribution < -0.4 is 10.2 Å². The predicted molar refractivity (Wildman–Crippen MR) is 87.3 cm³/mol. The Morgan fingerprint density at radius 1 is 1.33 bits per heavy atom. The SMILES string of the molecule is CCC1C(=O)NC(C)(CC)C(=O)N1c1ccc(Br)cc1C. The second-order valence-electron chi connectivity index (χ2n) is 5.70. The molecule has 0 aromatic heterocycles. The van der Waals surface area contributed by atoms with Crippen molar-refractivity contribution in [2.45, 2.75) is 52.1 Å². The number of hydrogen-bond acceptors (Lipinski definition) is 2. The molecule has 1 N–H and O–H groups in total. The number of nitrogens with one attached hydrogen (secondary N) is 1. The van der Waals surface area contributed by atoms with Gasteiger partial charge in [-0.3, -0.25) is 14.5 Å². The molecule has 1 aliphatic rings. The van der Waals surface area contributed by atoms with Crippen LogP contribution in [0.15, 0.2) is 22.7 Å². The standard InChI is InChI=1S/C16H21BrN2O2/c1-5-12-14(20)18-16(4,6-2)15(21)19(12)13-8-7-11(17)9-10(13)3/h7-9,12H,5-6H2,1-4H3,(H,18,20). The number of halogens is 1. The fourth-order valence-corrected chi connectivity index (χ4v) is 3.18. The lowest BCUT2D eigenvalue weighted by atomic mass is 9.90. The van der Waals surface area contributed by atoms with Crippen LogP contribution in [0.4, 0.5) is 5.69 Å². The Labute approximate surface area is 134 Å². The van der Waals surface area contributed by atoms with Crippen LogP contribution in [-0.2, 0) is 9.59 Å². The normalized spacial score (nSPS) is 26.0. The highest BCUT2D eigenvalue weighted by atomic mass is 79.9. The molecule has 1 saturated heterocycles. The van der Waals surface area contributed by atoms with Crippen LogP contribution in [0.25, 0.3) is 0 Å². The molecule has 1 aromatic carbocycles. The number of carbonyl (C=O) groups is 2. The first-order valence-corrected chi connectivity index (χ1v) is 8.05. The van der Waals surface area contributed by atoms with Crippen LogP contribution in [0.2, 0.25) is 0 Å². The van der Waals surface area contributed by atoms with E-state index in [9.17, 15) is 9.59 Å². The van der Waals surface area contributed by atoms with Crippen molar-refractivity contribution in [1.29, 1.82) is 0 Å². The summed E-state index contributed by atoms with van der Waals surface area (Å²) in [5, 5.41) is 2.88. The Bertz CT molecular complexity index is 588. The van der Waals surface area contributed by atoms with Crippen molar-refractivity contribution in [2.75, 3.05) is 4.90 Å². The van der Waals surface area contributed by atoms with Gasteiger partial charge in [-0.25, -0.2) is 0 Å². The fourth-order valence-electron chi connectivity index (χ4n) is 2.71. The van der Waals surface area contributed by atoms with Gasteiger partial charge in [-0.1, -0.05) is 29.8 Å². The third-order valence-corrected chi connectivity index (χ3v) is 4.71. The monoisotopic (exact) mass is 352 g/mol. The summed E-state index contributed by atoms with van der Waals surface area (Å²) in [4.78, 5) is 27.0. The molecule has 1 fully saturated rings. The molecule has 4 nitrogen and oxygen atoms in total. The molecular weight excluding hydrogens is 332 g/mol. The van der Waals surface area contributed by atoms with Crippen molar-refractivity contribution >= 4 is 33.4 Å². The van der Waals surface area contributed by atoms with Crippen LogP contribution >= 0.6 is 15.9 Å². The number of nitrogens with zero attached hydrogens (tertiary/aromatic N) is 1. The van der Waals surface area contributed by atoms with Crippen molar-refractivity contribution in [1.82, 2.24) is 5.32 Å². The molecular formula is C16H21BrN2O2. The number of benzene rings is 1. The molecule has 0 saturated carbocycles. The van der Waals surface area contributed by atoms with Gasteiger partial charge in [0.2, 0.25) is 5.91 Å². The maximum absolute atomic E-state index is 12.9. The zero-order chi connectivity index (χ0) is 15.8. The Morgan fingerprint density at radius 3 is 2.52 bits per heavy atom. The Morgan fingerprint density at radius 2 is 2.00 bits per heavy atom. The van der Waals surface area contributed by atoms with Gasteiger partial charge in [0.05, 0.1) is 0 Å². The number of amides is 2. The van der Waals surface area contributed by atoms with E-state index < -0.39 is 11.6 Å². The van der Waals surface area contributed by atoms with Gasteiger partial charge in [-0.2, -0.15) is 0 Å². The summed E-state index contributed by atoms with van der Waals surface area (Å²) >= 11 is 3.43. The highest BCUT2D eigenvalue weighted by Crippen LogP contribution is 2.32. The summed E-state index contributed by atoms with van der Waals surface area (Å²) in [6.45, 7) is 7.58. The van der Waals surface area contributed by atoms with E-state index >= 15 is 0 Å². The lowest BCUT2D eigenvalue weighted by Gasteiger charge is -2.44. The largest absolute Gasteiger partial charge is 0.340 e. The second kappa shape index (κ2) is 5.79. The lowest BCUT2D eigenvalue weighted by molar-refractivity contribution is -0.138. The van der Waals surface area contributed by atoms with Gasteiger partial charge in [0.25, 0.3) is 5.91 Å². The molecule has 2 rings (SSSR count). The summed E-state index contributed by atoms with van der Waals surface area (Å²) in [6, 6.07) is 5.31. The van der Waals surface area contributed by atoms with Gasteiger partial charge < -0.3 is 5.32 Å². The van der Waals surface area contributed by atoms with Crippen molar-refractivity contribution in [3.05, 3.63) is 28.2 Å². The summed E-state index contributed by atoms with van der Waals surface area (Å²) in [5.41, 5.74) is 0.955. The molecule has 0 spiro atoms. The Kier molecular flexibility index (Phi) is 4.42. The van der Waals surface area contributed by atoms with Crippen LogP contribution in [0, 0.1) is 6.92 Å². The van der Waals surface area contributed by atoms with Crippen molar-refractivity contribution < 1.29 is 9.59 Å². The van der Waals surface area contributed by atoms with Crippen molar-refractivity contribution in [3.8, 4) is 0 Å². The molecule has 5 heteroatoms. The number of hydrogen-bond donors (Lipinski definition) is 1. The summed E-state index contributed by atoms with van der Waals surface area (Å²) < 4.78 is 0.962. The molecule has 2 amide bonds. The van der Waals surface area contributed by atoms with E-state index in [-0.39, 0.29) is 11.8 Å². The summed E-state index contributed by atoms with van der Waals surface area (Å²) in [6.07, 6.45) is 1.16. The maximum Gasteiger partial charge on any atom is 0.253 e. The minimum Gasteiger partial charge on any atom is -0.340 e. The number of rotatable bonds is 3. The number of piperazine rings is 1. The second-order valence-corrected chi connectivity index (χ2v) is 6.62. The zero-order valence-corrected chi connectivity index (χ0v) is 14.5. The van der Waals surface area contributed by atoms with Gasteiger partial charge in [0.15, 0.2) is 0 Å². The topological polar surface area (TPSA) is 49.4 Å². The Balaban J connectivity index is 2.54. The van der Waals surface area contributed by atoms with Gasteiger partial charge in [-0.05, 0) is 50.5 Å². The van der Waals surface area contributed by atoms with E-state index in [2.05, 4.69) is 21.2 Å². The molecule has 0 radical (unpaired) electrons. The number of aryl methyl sites for hydroxylation is 1. The zero-order valence-electron chi connectivity index (χ0n) is 12.9. The first-order chi connectivity index (χ1) is 9.84. The van der Waals surface area contributed by atoms with E-state index in [0.29, 0.717) is 12.8 Å². The number of anilines is 1. The molecule has 1 aromatic rings. The highest BCUT2D eigenvalue weighted by Gasteiger charge is 2.47. The number of carbonyl (C=O) groups excluding carboxylic acids is 2. The molecule has 1 aliphatic heterocycles. The molecule has 2 atom stereocenters. The summed E-state index contributed by atoms with van der Waals surface area (Å²) in [5.74, 6) is -0.120. The molecule has 2 unspecified atom stereocenters. The van der Waals surface area contributed by atoms with E-state index in [0.717, 1.165) is 15.7 Å². The average molecular weight is 353 g/mol. The van der Waals surface area contributed by atoms with Gasteiger partial charge >= 0.3 is 0 Å². The van der Waals surface area contributed by atoms with Crippen molar-refractivity contribution in [3.63, 3.8) is 0 Å². The van der Waals surface area contributed by atoms with Crippen LogP contribution in [-0.4, -0.2) is 23.4 Å². The van der Waals surface area contributed by atoms with Gasteiger partial charge in [-0.15, -0.1) is 0 Å². The maximum atomic E-state index is 12.9. The summed E-state index contributed by atoms with van der Waals surface area (Å²) in [7, 11) is 0. The minimum absolute atomic E-state index is 0.0399. The van der Waals surface area contributed by atoms with E-state index in [1.54, 1.807) is 11.8 Å². The van der Waals surface area contributed by atoms with Gasteiger partial charge in [0, 0.05) is 10.2 Å². The van der Waals surface area contributed by atoms with Crippen LogP contribution in [0.5, 0.6) is 0 Å². The third kappa shape index (κ3) is 2.71. The molecule has 0 bridgehead atoms. The van der Waals surface area contributed by atoms with Crippen LogP contribution in [0.3, 0.4) is 0 Å². The van der Waals surface area contributed by atoms with Crippen molar-refractivity contribution in [2.24, 2.45) is 0 Å². The van der Waals surface area contributed by atoms with Gasteiger partial charge in [0.1, 0.15) is 11.6 Å². The minimum atomic E-state index is -0.831. The smallest absolute Gasteiger partial charge is 0.253 e. The molecule has 0 aliphatic carbocycles. The van der Waals surface area contributed by atoms with Crippen LogP contribution in [0.1, 0.15) is 39.2 Å². The average Bonchev–Trinajstić information content (AvgIpc) is 2.43. The third-order valence-electron chi connectivity index (χ3n) is 4.22. The quantitative estimate of drug-likeness (QED) is 0.908. The first kappa shape index (κ1) is 16.0.